The standard InChI is InChI=1S/C22H23NO2S/c1-15(2)25-22-18(6-5-7-20(22)24-4)12-13-21-23-19(14-26-21)17-10-8-16(3)9-11-17/h5-15H,1-4H3/b13-12+. The molecule has 0 amide bonds. The Kier molecular flexibility index (Phi) is 5.74. The van der Waals surface area contributed by atoms with Gasteiger partial charge in [0.05, 0.1) is 18.9 Å². The van der Waals surface area contributed by atoms with E-state index in [-0.39, 0.29) is 6.10 Å². The zero-order chi connectivity index (χ0) is 18.5. The Morgan fingerprint density at radius 2 is 1.81 bits per heavy atom. The molecule has 0 saturated carbocycles. The van der Waals surface area contributed by atoms with Gasteiger partial charge in [-0.05, 0) is 39.0 Å². The van der Waals surface area contributed by atoms with E-state index >= 15 is 0 Å². The van der Waals surface area contributed by atoms with Crippen LogP contribution in [-0.2, 0) is 0 Å². The molecule has 3 nitrogen and oxygen atoms in total. The molecule has 3 rings (SSSR count). The Morgan fingerprint density at radius 1 is 1.04 bits per heavy atom. The highest BCUT2D eigenvalue weighted by Gasteiger charge is 2.10. The largest absolute Gasteiger partial charge is 0.493 e. The smallest absolute Gasteiger partial charge is 0.168 e. The molecular weight excluding hydrogens is 342 g/mol. The molecule has 0 radical (unpaired) electrons. The molecule has 0 unspecified atom stereocenters. The summed E-state index contributed by atoms with van der Waals surface area (Å²) in [5, 5.41) is 3.04. The van der Waals surface area contributed by atoms with Crippen molar-refractivity contribution >= 4 is 23.5 Å². The molecule has 0 bridgehead atoms. The predicted octanol–water partition coefficient (Wildman–Crippen LogP) is 6.08. The lowest BCUT2D eigenvalue weighted by atomic mass is 10.1. The number of thiazole rings is 1. The number of rotatable bonds is 6. The molecule has 0 aliphatic carbocycles. The van der Waals surface area contributed by atoms with Gasteiger partial charge in [0.1, 0.15) is 5.01 Å². The Hall–Kier alpha value is -2.59. The molecule has 1 aromatic heterocycles. The van der Waals surface area contributed by atoms with Gasteiger partial charge in [-0.25, -0.2) is 4.98 Å². The Bertz CT molecular complexity index is 895. The average molecular weight is 365 g/mol. The first-order chi connectivity index (χ1) is 12.6. The molecule has 0 saturated heterocycles. The van der Waals surface area contributed by atoms with Gasteiger partial charge < -0.3 is 9.47 Å². The van der Waals surface area contributed by atoms with Gasteiger partial charge in [0.25, 0.3) is 0 Å². The molecule has 4 heteroatoms. The van der Waals surface area contributed by atoms with Crippen molar-refractivity contribution in [3.8, 4) is 22.8 Å². The second kappa shape index (κ2) is 8.19. The highest BCUT2D eigenvalue weighted by Crippen LogP contribution is 2.33. The number of nitrogens with zero attached hydrogens (tertiary/aromatic N) is 1. The summed E-state index contributed by atoms with van der Waals surface area (Å²) in [6.45, 7) is 6.10. The number of methoxy groups -OCH3 is 1. The molecule has 3 aromatic rings. The summed E-state index contributed by atoms with van der Waals surface area (Å²) in [6, 6.07) is 14.3. The van der Waals surface area contributed by atoms with Crippen molar-refractivity contribution in [2.75, 3.05) is 7.11 Å². The van der Waals surface area contributed by atoms with E-state index in [4.69, 9.17) is 14.5 Å². The molecule has 0 aliphatic heterocycles. The number of ether oxygens (including phenoxy) is 2. The van der Waals surface area contributed by atoms with Crippen LogP contribution in [0.2, 0.25) is 0 Å². The van der Waals surface area contributed by atoms with Crippen LogP contribution in [0.15, 0.2) is 47.8 Å². The van der Waals surface area contributed by atoms with Crippen LogP contribution < -0.4 is 9.47 Å². The van der Waals surface area contributed by atoms with Gasteiger partial charge in [-0.15, -0.1) is 11.3 Å². The van der Waals surface area contributed by atoms with E-state index in [2.05, 4.69) is 36.6 Å². The summed E-state index contributed by atoms with van der Waals surface area (Å²) in [5.41, 5.74) is 4.36. The zero-order valence-corrected chi connectivity index (χ0v) is 16.3. The van der Waals surface area contributed by atoms with Crippen LogP contribution in [-0.4, -0.2) is 18.2 Å². The summed E-state index contributed by atoms with van der Waals surface area (Å²) < 4.78 is 11.4. The van der Waals surface area contributed by atoms with Crippen LogP contribution in [0.25, 0.3) is 23.4 Å². The van der Waals surface area contributed by atoms with E-state index < -0.39 is 0 Å². The van der Waals surface area contributed by atoms with Gasteiger partial charge in [0.2, 0.25) is 0 Å². The van der Waals surface area contributed by atoms with E-state index in [0.717, 1.165) is 33.3 Å². The second-order valence-electron chi connectivity index (χ2n) is 6.32. The zero-order valence-electron chi connectivity index (χ0n) is 15.5. The van der Waals surface area contributed by atoms with Crippen molar-refractivity contribution < 1.29 is 9.47 Å². The van der Waals surface area contributed by atoms with Crippen LogP contribution in [0.3, 0.4) is 0 Å². The van der Waals surface area contributed by atoms with Crippen LogP contribution in [0.1, 0.15) is 30.0 Å². The van der Waals surface area contributed by atoms with Crippen LogP contribution >= 0.6 is 11.3 Å². The van der Waals surface area contributed by atoms with Crippen LogP contribution in [0.4, 0.5) is 0 Å². The van der Waals surface area contributed by atoms with E-state index in [0.29, 0.717) is 0 Å². The first-order valence-corrected chi connectivity index (χ1v) is 9.49. The van der Waals surface area contributed by atoms with E-state index in [1.54, 1.807) is 18.4 Å². The van der Waals surface area contributed by atoms with Crippen molar-refractivity contribution in [1.82, 2.24) is 4.98 Å². The van der Waals surface area contributed by atoms with Crippen LogP contribution in [0.5, 0.6) is 11.5 Å². The maximum atomic E-state index is 5.95. The number of hydrogen-bond donors (Lipinski definition) is 0. The Balaban J connectivity index is 1.85. The third-order valence-corrected chi connectivity index (χ3v) is 4.67. The highest BCUT2D eigenvalue weighted by atomic mass is 32.1. The Morgan fingerprint density at radius 3 is 2.50 bits per heavy atom. The fourth-order valence-corrected chi connectivity index (χ4v) is 3.29. The van der Waals surface area contributed by atoms with Crippen molar-refractivity contribution in [2.24, 2.45) is 0 Å². The summed E-state index contributed by atoms with van der Waals surface area (Å²) in [4.78, 5) is 4.72. The number of aromatic nitrogens is 1. The minimum Gasteiger partial charge on any atom is -0.493 e. The monoisotopic (exact) mass is 365 g/mol. The lowest BCUT2D eigenvalue weighted by molar-refractivity contribution is 0.229. The van der Waals surface area contributed by atoms with Crippen molar-refractivity contribution in [1.29, 1.82) is 0 Å². The summed E-state index contributed by atoms with van der Waals surface area (Å²) in [6.07, 6.45) is 4.12. The molecule has 1 heterocycles. The number of aryl methyl sites for hydroxylation is 1. The fraction of sp³-hybridized carbons (Fsp3) is 0.227. The van der Waals surface area contributed by atoms with Crippen molar-refractivity contribution in [2.45, 2.75) is 26.9 Å². The lowest BCUT2D eigenvalue weighted by Crippen LogP contribution is -2.07. The molecule has 134 valence electrons. The SMILES string of the molecule is COc1cccc(/C=C/c2nc(-c3ccc(C)cc3)cs2)c1OC(C)C. The first kappa shape index (κ1) is 18.2. The van der Waals surface area contributed by atoms with E-state index in [9.17, 15) is 0 Å². The lowest BCUT2D eigenvalue weighted by Gasteiger charge is -2.15. The summed E-state index contributed by atoms with van der Waals surface area (Å²) >= 11 is 1.63. The quantitative estimate of drug-likeness (QED) is 0.530. The third-order valence-electron chi connectivity index (χ3n) is 3.86. The molecule has 0 aliphatic rings. The highest BCUT2D eigenvalue weighted by molar-refractivity contribution is 7.10. The van der Waals surface area contributed by atoms with Gasteiger partial charge >= 0.3 is 0 Å². The molecule has 0 spiro atoms. The number of benzene rings is 2. The number of para-hydroxylation sites is 1. The predicted molar refractivity (Wildman–Crippen MR) is 110 cm³/mol. The van der Waals surface area contributed by atoms with Gasteiger partial charge in [-0.3, -0.25) is 0 Å². The van der Waals surface area contributed by atoms with E-state index in [1.165, 1.54) is 5.56 Å². The second-order valence-corrected chi connectivity index (χ2v) is 7.21. The van der Waals surface area contributed by atoms with Gasteiger partial charge in [-0.1, -0.05) is 42.0 Å². The molecule has 26 heavy (non-hydrogen) atoms. The normalized spacial score (nSPS) is 11.3. The van der Waals surface area contributed by atoms with Gasteiger partial charge in [0.15, 0.2) is 11.5 Å². The van der Waals surface area contributed by atoms with Gasteiger partial charge in [-0.2, -0.15) is 0 Å². The minimum atomic E-state index is 0.0754. The Labute approximate surface area is 158 Å². The average Bonchev–Trinajstić information content (AvgIpc) is 3.10. The summed E-state index contributed by atoms with van der Waals surface area (Å²) in [7, 11) is 1.66. The summed E-state index contributed by atoms with van der Waals surface area (Å²) in [5.74, 6) is 1.50. The maximum Gasteiger partial charge on any atom is 0.168 e. The number of hydrogen-bond acceptors (Lipinski definition) is 4. The third kappa shape index (κ3) is 4.33. The molecule has 0 fully saturated rings. The maximum absolute atomic E-state index is 5.95. The topological polar surface area (TPSA) is 31.4 Å². The minimum absolute atomic E-state index is 0.0754. The fourth-order valence-electron chi connectivity index (χ4n) is 2.57. The molecule has 0 N–H and O–H groups in total. The molecular formula is C22H23NO2S. The van der Waals surface area contributed by atoms with Crippen molar-refractivity contribution in [3.05, 3.63) is 64.0 Å². The molecule has 0 atom stereocenters. The van der Waals surface area contributed by atoms with Crippen molar-refractivity contribution in [3.63, 3.8) is 0 Å². The van der Waals surface area contributed by atoms with E-state index in [1.807, 2.05) is 44.2 Å². The van der Waals surface area contributed by atoms with Gasteiger partial charge in [0, 0.05) is 16.5 Å². The molecule has 2 aromatic carbocycles. The first-order valence-electron chi connectivity index (χ1n) is 8.61. The van der Waals surface area contributed by atoms with Crippen LogP contribution in [0, 0.1) is 6.92 Å².